The van der Waals surface area contributed by atoms with Gasteiger partial charge in [0.1, 0.15) is 6.04 Å². The van der Waals surface area contributed by atoms with Crippen molar-refractivity contribution in [2.24, 2.45) is 0 Å². The highest BCUT2D eigenvalue weighted by atomic mass is 35.5. The number of para-hydroxylation sites is 1. The third-order valence-corrected chi connectivity index (χ3v) is 4.91. The van der Waals surface area contributed by atoms with Crippen LogP contribution < -0.4 is 10.2 Å². The normalized spacial score (nSPS) is 17.5. The van der Waals surface area contributed by atoms with Crippen LogP contribution in [-0.4, -0.2) is 17.9 Å². The van der Waals surface area contributed by atoms with Crippen LogP contribution in [-0.2, 0) is 9.59 Å². The highest BCUT2D eigenvalue weighted by Gasteiger charge is 2.40. The molecule has 0 radical (unpaired) electrons. The van der Waals surface area contributed by atoms with Gasteiger partial charge in [-0.2, -0.15) is 0 Å². The first-order valence-corrected chi connectivity index (χ1v) is 8.29. The standard InChI is InChI=1S/C18H16Cl2N2O2/c1-10-5-3-6-11(2)17(10)22-15(23)9-14(18(22)24)21-13-8-4-7-12(19)16(13)20/h3-8,14,21H,9H2,1-2H3/t14-/m0/s1. The molecule has 1 N–H and O–H groups in total. The monoisotopic (exact) mass is 362 g/mol. The Morgan fingerprint density at radius 2 is 1.67 bits per heavy atom. The van der Waals surface area contributed by atoms with Gasteiger partial charge in [-0.25, -0.2) is 4.90 Å². The van der Waals surface area contributed by atoms with Crippen LogP contribution in [0.5, 0.6) is 0 Å². The number of carbonyl (C=O) groups excluding carboxylic acids is 2. The molecule has 124 valence electrons. The first kappa shape index (κ1) is 16.8. The molecular weight excluding hydrogens is 347 g/mol. The zero-order valence-electron chi connectivity index (χ0n) is 13.3. The van der Waals surface area contributed by atoms with E-state index >= 15 is 0 Å². The van der Waals surface area contributed by atoms with Gasteiger partial charge in [0.25, 0.3) is 5.91 Å². The van der Waals surface area contributed by atoms with E-state index in [0.717, 1.165) is 11.1 Å². The van der Waals surface area contributed by atoms with E-state index in [1.54, 1.807) is 18.2 Å². The highest BCUT2D eigenvalue weighted by Crippen LogP contribution is 2.33. The zero-order valence-corrected chi connectivity index (χ0v) is 14.8. The number of nitrogens with zero attached hydrogens (tertiary/aromatic N) is 1. The summed E-state index contributed by atoms with van der Waals surface area (Å²) < 4.78 is 0. The summed E-state index contributed by atoms with van der Waals surface area (Å²) in [6, 6.07) is 10.1. The van der Waals surface area contributed by atoms with Crippen LogP contribution in [0.3, 0.4) is 0 Å². The second kappa shape index (κ2) is 6.46. The quantitative estimate of drug-likeness (QED) is 0.825. The summed E-state index contributed by atoms with van der Waals surface area (Å²) in [6.45, 7) is 3.77. The van der Waals surface area contributed by atoms with E-state index in [4.69, 9.17) is 23.2 Å². The Kier molecular flexibility index (Phi) is 4.52. The van der Waals surface area contributed by atoms with Gasteiger partial charge in [0.05, 0.1) is 27.8 Å². The third-order valence-electron chi connectivity index (χ3n) is 4.09. The molecule has 0 unspecified atom stereocenters. The molecule has 4 nitrogen and oxygen atoms in total. The van der Waals surface area contributed by atoms with Crippen LogP contribution in [0.15, 0.2) is 36.4 Å². The predicted molar refractivity (Wildman–Crippen MR) is 96.9 cm³/mol. The second-order valence-electron chi connectivity index (χ2n) is 5.81. The SMILES string of the molecule is Cc1cccc(C)c1N1C(=O)C[C@H](Nc2cccc(Cl)c2Cl)C1=O. The lowest BCUT2D eigenvalue weighted by Crippen LogP contribution is -2.35. The molecule has 0 saturated carbocycles. The van der Waals surface area contributed by atoms with Crippen molar-refractivity contribution < 1.29 is 9.59 Å². The van der Waals surface area contributed by atoms with E-state index in [2.05, 4.69) is 5.32 Å². The molecule has 1 aliphatic rings. The van der Waals surface area contributed by atoms with Crippen molar-refractivity contribution in [1.82, 2.24) is 0 Å². The summed E-state index contributed by atoms with van der Waals surface area (Å²) in [5, 5.41) is 3.77. The Morgan fingerprint density at radius 1 is 1.04 bits per heavy atom. The topological polar surface area (TPSA) is 49.4 Å². The van der Waals surface area contributed by atoms with Gasteiger partial charge in [0, 0.05) is 0 Å². The molecule has 6 heteroatoms. The molecule has 1 heterocycles. The molecule has 0 aromatic heterocycles. The fourth-order valence-corrected chi connectivity index (χ4v) is 3.30. The average molecular weight is 363 g/mol. The minimum Gasteiger partial charge on any atom is -0.372 e. The molecule has 2 aromatic rings. The maximum absolute atomic E-state index is 12.8. The van der Waals surface area contributed by atoms with Crippen LogP contribution in [0, 0.1) is 13.8 Å². The van der Waals surface area contributed by atoms with Crippen molar-refractivity contribution in [3.63, 3.8) is 0 Å². The van der Waals surface area contributed by atoms with Gasteiger partial charge in [-0.05, 0) is 37.1 Å². The number of benzene rings is 2. The van der Waals surface area contributed by atoms with E-state index in [9.17, 15) is 9.59 Å². The smallest absolute Gasteiger partial charge is 0.256 e. The van der Waals surface area contributed by atoms with Crippen LogP contribution in [0.25, 0.3) is 0 Å². The minimum atomic E-state index is -0.660. The molecule has 1 saturated heterocycles. The van der Waals surface area contributed by atoms with Gasteiger partial charge >= 0.3 is 0 Å². The van der Waals surface area contributed by atoms with Crippen LogP contribution in [0.4, 0.5) is 11.4 Å². The first-order chi connectivity index (χ1) is 11.4. The van der Waals surface area contributed by atoms with Crippen molar-refractivity contribution in [3.8, 4) is 0 Å². The number of rotatable bonds is 3. The third kappa shape index (κ3) is 2.87. The molecular formula is C18H16Cl2N2O2. The molecule has 0 spiro atoms. The molecule has 0 aliphatic carbocycles. The van der Waals surface area contributed by atoms with Crippen LogP contribution in [0.1, 0.15) is 17.5 Å². The van der Waals surface area contributed by atoms with Crippen molar-refractivity contribution in [3.05, 3.63) is 57.6 Å². The van der Waals surface area contributed by atoms with Crippen molar-refractivity contribution in [1.29, 1.82) is 0 Å². The van der Waals surface area contributed by atoms with E-state index < -0.39 is 6.04 Å². The molecule has 1 fully saturated rings. The fraction of sp³-hybridized carbons (Fsp3) is 0.222. The van der Waals surface area contributed by atoms with Gasteiger partial charge in [0.2, 0.25) is 5.91 Å². The molecule has 1 aliphatic heterocycles. The number of aryl methyl sites for hydroxylation is 2. The van der Waals surface area contributed by atoms with Gasteiger partial charge < -0.3 is 5.32 Å². The van der Waals surface area contributed by atoms with Crippen molar-refractivity contribution in [2.75, 3.05) is 10.2 Å². The maximum atomic E-state index is 12.8. The van der Waals surface area contributed by atoms with Gasteiger partial charge in [-0.3, -0.25) is 9.59 Å². The minimum absolute atomic E-state index is 0.0788. The Morgan fingerprint density at radius 3 is 2.33 bits per heavy atom. The van der Waals surface area contributed by atoms with Gasteiger partial charge in [-0.15, -0.1) is 0 Å². The van der Waals surface area contributed by atoms with Crippen molar-refractivity contribution in [2.45, 2.75) is 26.3 Å². The molecule has 3 rings (SSSR count). The number of hydrogen-bond acceptors (Lipinski definition) is 3. The van der Waals surface area contributed by atoms with E-state index in [-0.39, 0.29) is 18.2 Å². The number of nitrogens with one attached hydrogen (secondary N) is 1. The zero-order chi connectivity index (χ0) is 17.4. The van der Waals surface area contributed by atoms with Crippen molar-refractivity contribution >= 4 is 46.4 Å². The molecule has 2 aromatic carbocycles. The Bertz CT molecular complexity index is 816. The summed E-state index contributed by atoms with van der Waals surface area (Å²) >= 11 is 12.2. The first-order valence-electron chi connectivity index (χ1n) is 7.53. The molecule has 24 heavy (non-hydrogen) atoms. The number of anilines is 2. The molecule has 2 amide bonds. The second-order valence-corrected chi connectivity index (χ2v) is 6.60. The van der Waals surface area contributed by atoms with Crippen LogP contribution in [0.2, 0.25) is 10.0 Å². The lowest BCUT2D eigenvalue weighted by Gasteiger charge is -2.20. The fourth-order valence-electron chi connectivity index (χ4n) is 2.94. The van der Waals surface area contributed by atoms with E-state index in [0.29, 0.717) is 21.4 Å². The number of imide groups is 1. The summed E-state index contributed by atoms with van der Waals surface area (Å²) in [5.41, 5.74) is 2.98. The van der Waals surface area contributed by atoms with E-state index in [1.807, 2.05) is 32.0 Å². The number of hydrogen-bond donors (Lipinski definition) is 1. The van der Waals surface area contributed by atoms with Gasteiger partial charge in [0.15, 0.2) is 0 Å². The van der Waals surface area contributed by atoms with Gasteiger partial charge in [-0.1, -0.05) is 47.5 Å². The number of amides is 2. The number of halogens is 2. The summed E-state index contributed by atoms with van der Waals surface area (Å²) in [4.78, 5) is 26.5. The Labute approximate surface area is 150 Å². The molecule has 0 bridgehead atoms. The lowest BCUT2D eigenvalue weighted by molar-refractivity contribution is -0.121. The average Bonchev–Trinajstić information content (AvgIpc) is 2.79. The summed E-state index contributed by atoms with van der Waals surface area (Å²) in [7, 11) is 0. The Hall–Kier alpha value is -2.04. The lowest BCUT2D eigenvalue weighted by atomic mass is 10.1. The largest absolute Gasteiger partial charge is 0.372 e. The summed E-state index contributed by atoms with van der Waals surface area (Å²) in [5.74, 6) is -0.513. The predicted octanol–water partition coefficient (Wildman–Crippen LogP) is 4.35. The summed E-state index contributed by atoms with van der Waals surface area (Å²) in [6.07, 6.45) is 0.0788. The highest BCUT2D eigenvalue weighted by molar-refractivity contribution is 6.43. The Balaban J connectivity index is 1.91. The van der Waals surface area contributed by atoms with E-state index in [1.165, 1.54) is 4.90 Å². The maximum Gasteiger partial charge on any atom is 0.256 e. The number of carbonyl (C=O) groups is 2. The molecule has 1 atom stereocenters. The van der Waals surface area contributed by atoms with Crippen LogP contribution >= 0.6 is 23.2 Å².